The number of benzene rings is 1. The number of nitrogens with zero attached hydrogens (tertiary/aromatic N) is 4. The van der Waals surface area contributed by atoms with E-state index in [0.717, 1.165) is 22.9 Å². The second kappa shape index (κ2) is 6.20. The first-order valence-electron chi connectivity index (χ1n) is 6.36. The molecule has 21 heavy (non-hydrogen) atoms. The highest BCUT2D eigenvalue weighted by Gasteiger charge is 2.04. The summed E-state index contributed by atoms with van der Waals surface area (Å²) in [5.41, 5.74) is 2.17. The van der Waals surface area contributed by atoms with E-state index in [1.165, 1.54) is 0 Å². The van der Waals surface area contributed by atoms with Crippen molar-refractivity contribution in [1.29, 1.82) is 0 Å². The number of halogens is 2. The molecule has 3 aromatic rings. The molecule has 3 rings (SSSR count). The van der Waals surface area contributed by atoms with Crippen LogP contribution >= 0.6 is 23.2 Å². The van der Waals surface area contributed by atoms with Gasteiger partial charge in [0.05, 0.1) is 5.52 Å². The van der Waals surface area contributed by atoms with E-state index in [4.69, 9.17) is 23.2 Å². The third-order valence-corrected chi connectivity index (χ3v) is 3.31. The van der Waals surface area contributed by atoms with Gasteiger partial charge in [-0.25, -0.2) is 0 Å². The van der Waals surface area contributed by atoms with Crippen molar-refractivity contribution in [3.05, 3.63) is 52.7 Å². The lowest BCUT2D eigenvalue weighted by atomic mass is 10.1. The Labute approximate surface area is 131 Å². The Morgan fingerprint density at radius 3 is 2.52 bits per heavy atom. The molecule has 2 heterocycles. The fraction of sp³-hybridized carbons (Fsp3) is 0.143. The fourth-order valence-electron chi connectivity index (χ4n) is 2.08. The van der Waals surface area contributed by atoms with Crippen molar-refractivity contribution in [2.45, 2.75) is 6.42 Å². The second-order valence-electron chi connectivity index (χ2n) is 4.37. The van der Waals surface area contributed by atoms with E-state index >= 15 is 0 Å². The van der Waals surface area contributed by atoms with E-state index in [9.17, 15) is 0 Å². The van der Waals surface area contributed by atoms with Crippen LogP contribution < -0.4 is 5.32 Å². The Kier molecular flexibility index (Phi) is 4.13. The molecule has 0 bridgehead atoms. The molecule has 0 aliphatic carbocycles. The van der Waals surface area contributed by atoms with E-state index < -0.39 is 0 Å². The molecule has 0 amide bonds. The van der Waals surface area contributed by atoms with Crippen LogP contribution in [0.1, 0.15) is 5.56 Å². The van der Waals surface area contributed by atoms with Crippen molar-refractivity contribution >= 4 is 40.1 Å². The zero-order valence-electron chi connectivity index (χ0n) is 10.9. The van der Waals surface area contributed by atoms with Gasteiger partial charge in [0.25, 0.3) is 0 Å². The number of rotatable bonds is 4. The largest absolute Gasteiger partial charge is 0.354 e. The molecule has 1 aromatic carbocycles. The van der Waals surface area contributed by atoms with E-state index in [-0.39, 0.29) is 10.6 Å². The van der Waals surface area contributed by atoms with Crippen molar-refractivity contribution in [2.75, 3.05) is 11.9 Å². The van der Waals surface area contributed by atoms with E-state index in [1.807, 2.05) is 24.3 Å². The number of aromatic nitrogens is 4. The molecule has 0 aliphatic rings. The number of anilines is 1. The highest BCUT2D eigenvalue weighted by atomic mass is 35.5. The molecular formula is C14H11Cl2N5. The van der Waals surface area contributed by atoms with Gasteiger partial charge >= 0.3 is 0 Å². The second-order valence-corrected chi connectivity index (χ2v) is 5.04. The maximum absolute atomic E-state index is 5.73. The van der Waals surface area contributed by atoms with Crippen molar-refractivity contribution in [3.8, 4) is 0 Å². The number of fused-ring (bicyclic) bond motifs is 1. The number of nitrogens with one attached hydrogen (secondary N) is 1. The van der Waals surface area contributed by atoms with Crippen LogP contribution in [-0.2, 0) is 6.42 Å². The topological polar surface area (TPSA) is 63.6 Å². The number of hydrogen-bond acceptors (Lipinski definition) is 5. The molecule has 106 valence electrons. The lowest BCUT2D eigenvalue weighted by molar-refractivity contribution is 0.965. The van der Waals surface area contributed by atoms with Gasteiger partial charge in [-0.15, -0.1) is 0 Å². The highest BCUT2D eigenvalue weighted by Crippen LogP contribution is 2.16. The predicted molar refractivity (Wildman–Crippen MR) is 83.8 cm³/mol. The minimum atomic E-state index is 0.0735. The van der Waals surface area contributed by atoms with Crippen LogP contribution in [0.25, 0.3) is 10.9 Å². The van der Waals surface area contributed by atoms with Gasteiger partial charge < -0.3 is 5.32 Å². The molecule has 0 aliphatic heterocycles. The molecule has 1 N–H and O–H groups in total. The van der Waals surface area contributed by atoms with Crippen molar-refractivity contribution in [3.63, 3.8) is 0 Å². The SMILES string of the molecule is Clc1nc(Cl)nc(NCCc2cccc3cccnc23)n1. The average Bonchev–Trinajstić information content (AvgIpc) is 2.46. The van der Waals surface area contributed by atoms with Crippen LogP contribution in [0.2, 0.25) is 10.6 Å². The van der Waals surface area contributed by atoms with Crippen molar-refractivity contribution in [1.82, 2.24) is 19.9 Å². The molecule has 5 nitrogen and oxygen atoms in total. The van der Waals surface area contributed by atoms with Crippen LogP contribution in [0.3, 0.4) is 0 Å². The van der Waals surface area contributed by atoms with Crippen LogP contribution in [0.15, 0.2) is 36.5 Å². The predicted octanol–water partition coefficient (Wildman–Crippen LogP) is 3.38. The van der Waals surface area contributed by atoms with Crippen LogP contribution in [0, 0.1) is 0 Å². The molecule has 2 aromatic heterocycles. The van der Waals surface area contributed by atoms with Gasteiger partial charge in [-0.05, 0) is 41.3 Å². The zero-order valence-corrected chi connectivity index (χ0v) is 12.4. The van der Waals surface area contributed by atoms with Gasteiger partial charge in [-0.3, -0.25) is 4.98 Å². The van der Waals surface area contributed by atoms with Crippen molar-refractivity contribution < 1.29 is 0 Å². The molecular weight excluding hydrogens is 309 g/mol. The van der Waals surface area contributed by atoms with Gasteiger partial charge in [-0.2, -0.15) is 15.0 Å². The third kappa shape index (κ3) is 3.37. The summed E-state index contributed by atoms with van der Waals surface area (Å²) in [6.07, 6.45) is 2.58. The number of hydrogen-bond donors (Lipinski definition) is 1. The molecule has 0 saturated heterocycles. The van der Waals surface area contributed by atoms with Crippen LogP contribution in [0.5, 0.6) is 0 Å². The standard InChI is InChI=1S/C14H11Cl2N5/c15-12-19-13(16)21-14(20-12)18-8-6-10-4-1-3-9-5-2-7-17-11(9)10/h1-5,7H,6,8H2,(H,18,19,20,21). The third-order valence-electron chi connectivity index (χ3n) is 2.97. The average molecular weight is 320 g/mol. The van der Waals surface area contributed by atoms with E-state index in [1.54, 1.807) is 6.20 Å². The number of para-hydroxylation sites is 1. The van der Waals surface area contributed by atoms with Gasteiger partial charge in [0, 0.05) is 18.1 Å². The van der Waals surface area contributed by atoms with E-state index in [2.05, 4.69) is 31.3 Å². The first-order valence-corrected chi connectivity index (χ1v) is 7.11. The Bertz CT molecular complexity index is 753. The molecule has 0 spiro atoms. The summed E-state index contributed by atoms with van der Waals surface area (Å²) in [4.78, 5) is 16.0. The van der Waals surface area contributed by atoms with Crippen molar-refractivity contribution in [2.24, 2.45) is 0 Å². The summed E-state index contributed by atoms with van der Waals surface area (Å²) in [5.74, 6) is 0.369. The highest BCUT2D eigenvalue weighted by molar-refractivity contribution is 6.31. The summed E-state index contributed by atoms with van der Waals surface area (Å²) >= 11 is 11.5. The Morgan fingerprint density at radius 2 is 1.71 bits per heavy atom. The van der Waals surface area contributed by atoms with Crippen LogP contribution in [0.4, 0.5) is 5.95 Å². The summed E-state index contributed by atoms with van der Waals surface area (Å²) < 4.78 is 0. The van der Waals surface area contributed by atoms with E-state index in [0.29, 0.717) is 12.5 Å². The van der Waals surface area contributed by atoms with Crippen LogP contribution in [-0.4, -0.2) is 26.5 Å². The first kappa shape index (κ1) is 14.0. The van der Waals surface area contributed by atoms with Gasteiger partial charge in [0.2, 0.25) is 16.5 Å². The minimum absolute atomic E-state index is 0.0735. The monoisotopic (exact) mass is 319 g/mol. The van der Waals surface area contributed by atoms with Gasteiger partial charge in [0.1, 0.15) is 0 Å². The molecule has 0 atom stereocenters. The normalized spacial score (nSPS) is 10.8. The molecule has 7 heteroatoms. The smallest absolute Gasteiger partial charge is 0.228 e. The zero-order chi connectivity index (χ0) is 14.7. The molecule has 0 fully saturated rings. The Morgan fingerprint density at radius 1 is 0.952 bits per heavy atom. The lowest BCUT2D eigenvalue weighted by Gasteiger charge is -2.07. The Hall–Kier alpha value is -1.98. The number of pyridine rings is 1. The summed E-state index contributed by atoms with van der Waals surface area (Å²) in [5, 5.41) is 4.35. The molecule has 0 radical (unpaired) electrons. The summed E-state index contributed by atoms with van der Waals surface area (Å²) in [7, 11) is 0. The molecule has 0 saturated carbocycles. The lowest BCUT2D eigenvalue weighted by Crippen LogP contribution is -2.09. The summed E-state index contributed by atoms with van der Waals surface area (Å²) in [6.45, 7) is 0.645. The van der Waals surface area contributed by atoms with Gasteiger partial charge in [-0.1, -0.05) is 24.3 Å². The quantitative estimate of drug-likeness (QED) is 0.798. The maximum atomic E-state index is 5.73. The fourth-order valence-corrected chi connectivity index (χ4v) is 2.45. The Balaban J connectivity index is 1.72. The first-order chi connectivity index (χ1) is 10.2. The minimum Gasteiger partial charge on any atom is -0.354 e. The molecule has 0 unspecified atom stereocenters. The van der Waals surface area contributed by atoms with Gasteiger partial charge in [0.15, 0.2) is 0 Å². The maximum Gasteiger partial charge on any atom is 0.228 e. The summed E-state index contributed by atoms with van der Waals surface area (Å²) in [6, 6.07) is 10.1.